The van der Waals surface area contributed by atoms with Crippen LogP contribution in [-0.4, -0.2) is 18.4 Å². The maximum Gasteiger partial charge on any atom is 0.230 e. The largest absolute Gasteiger partial charge is 0.369 e. The van der Waals surface area contributed by atoms with Crippen LogP contribution in [0.15, 0.2) is 53.0 Å². The molecule has 2 amide bonds. The van der Waals surface area contributed by atoms with Crippen molar-refractivity contribution in [1.29, 1.82) is 0 Å². The van der Waals surface area contributed by atoms with E-state index in [1.54, 1.807) is 12.1 Å². The lowest BCUT2D eigenvalue weighted by Crippen LogP contribution is -2.51. The Balaban J connectivity index is 1.67. The molecular weight excluding hydrogens is 411 g/mol. The molecule has 6 heteroatoms. The van der Waals surface area contributed by atoms with Crippen molar-refractivity contribution in [2.45, 2.75) is 31.1 Å². The molecule has 1 fully saturated rings. The van der Waals surface area contributed by atoms with E-state index in [1.807, 2.05) is 24.3 Å². The molecule has 4 nitrogen and oxygen atoms in total. The smallest absolute Gasteiger partial charge is 0.230 e. The van der Waals surface area contributed by atoms with Crippen molar-refractivity contribution in [3.05, 3.63) is 69.9 Å². The van der Waals surface area contributed by atoms with Gasteiger partial charge >= 0.3 is 0 Å². The number of nitrogens with two attached hydrogens (primary N) is 1. The molecular formula is C21H22BrFN2O2. The number of amides is 2. The highest BCUT2D eigenvalue weighted by Crippen LogP contribution is 2.44. The maximum absolute atomic E-state index is 13.0. The quantitative estimate of drug-likeness (QED) is 0.702. The lowest BCUT2D eigenvalue weighted by Gasteiger charge is -2.41. The first-order valence-corrected chi connectivity index (χ1v) is 9.78. The molecule has 0 bridgehead atoms. The number of nitrogens with one attached hydrogen (secondary N) is 1. The lowest BCUT2D eigenvalue weighted by atomic mass is 9.64. The summed E-state index contributed by atoms with van der Waals surface area (Å²) in [6.07, 6.45) is 2.94. The number of carbonyl (C=O) groups is 2. The van der Waals surface area contributed by atoms with Gasteiger partial charge in [-0.3, -0.25) is 9.59 Å². The number of rotatable bonds is 7. The van der Waals surface area contributed by atoms with Gasteiger partial charge in [-0.05, 0) is 54.7 Å². The highest BCUT2D eigenvalue weighted by molar-refractivity contribution is 9.10. The van der Waals surface area contributed by atoms with Crippen LogP contribution in [0.3, 0.4) is 0 Å². The highest BCUT2D eigenvalue weighted by Gasteiger charge is 2.45. The minimum atomic E-state index is -0.540. The molecule has 27 heavy (non-hydrogen) atoms. The molecule has 1 aliphatic carbocycles. The zero-order chi connectivity index (χ0) is 19.4. The molecule has 1 unspecified atom stereocenters. The Hall–Kier alpha value is -2.21. The molecule has 2 aromatic rings. The van der Waals surface area contributed by atoms with Gasteiger partial charge in [-0.2, -0.15) is 0 Å². The van der Waals surface area contributed by atoms with E-state index in [1.165, 1.54) is 12.1 Å². The molecule has 0 spiro atoms. The normalized spacial score (nSPS) is 16.2. The van der Waals surface area contributed by atoms with Crippen molar-refractivity contribution in [3.8, 4) is 0 Å². The highest BCUT2D eigenvalue weighted by atomic mass is 79.9. The van der Waals surface area contributed by atoms with E-state index in [0.29, 0.717) is 6.42 Å². The number of primary amides is 1. The molecule has 0 radical (unpaired) electrons. The van der Waals surface area contributed by atoms with Crippen LogP contribution in [0.5, 0.6) is 0 Å². The Kier molecular flexibility index (Phi) is 5.95. The summed E-state index contributed by atoms with van der Waals surface area (Å²) >= 11 is 3.42. The summed E-state index contributed by atoms with van der Waals surface area (Å²) in [5.74, 6) is -1.42. The van der Waals surface area contributed by atoms with Crippen molar-refractivity contribution in [2.24, 2.45) is 11.7 Å². The predicted molar refractivity (Wildman–Crippen MR) is 105 cm³/mol. The number of carbonyl (C=O) groups excluding carboxylic acids is 2. The van der Waals surface area contributed by atoms with E-state index in [0.717, 1.165) is 34.9 Å². The van der Waals surface area contributed by atoms with Crippen molar-refractivity contribution in [3.63, 3.8) is 0 Å². The molecule has 0 heterocycles. The SMILES string of the molecule is NC(=O)C(CNC(=O)C1(c2ccc(Br)cc2)CCC1)Cc1ccc(F)cc1. The number of hydrogen-bond acceptors (Lipinski definition) is 2. The van der Waals surface area contributed by atoms with Gasteiger partial charge in [-0.1, -0.05) is 46.6 Å². The summed E-state index contributed by atoms with van der Waals surface area (Å²) < 4.78 is 14.0. The summed E-state index contributed by atoms with van der Waals surface area (Å²) in [5, 5.41) is 2.93. The third-order valence-electron chi connectivity index (χ3n) is 5.35. The van der Waals surface area contributed by atoms with Crippen LogP contribution in [0.25, 0.3) is 0 Å². The maximum atomic E-state index is 13.0. The van der Waals surface area contributed by atoms with Gasteiger partial charge in [-0.25, -0.2) is 4.39 Å². The number of halogens is 2. The van der Waals surface area contributed by atoms with Crippen molar-refractivity contribution in [1.82, 2.24) is 5.32 Å². The Bertz CT molecular complexity index is 817. The number of hydrogen-bond donors (Lipinski definition) is 2. The lowest BCUT2D eigenvalue weighted by molar-refractivity contribution is -0.130. The summed E-state index contributed by atoms with van der Waals surface area (Å²) in [6.45, 7) is 0.170. The van der Waals surface area contributed by atoms with E-state index in [2.05, 4.69) is 21.2 Å². The first kappa shape index (κ1) is 19.5. The Labute approximate surface area is 166 Å². The molecule has 0 aliphatic heterocycles. The van der Waals surface area contributed by atoms with Gasteiger partial charge in [0, 0.05) is 11.0 Å². The monoisotopic (exact) mass is 432 g/mol. The summed E-state index contributed by atoms with van der Waals surface area (Å²) in [6, 6.07) is 13.8. The van der Waals surface area contributed by atoms with Crippen LogP contribution in [0.2, 0.25) is 0 Å². The van der Waals surface area contributed by atoms with Crippen LogP contribution < -0.4 is 11.1 Å². The number of benzene rings is 2. The fraction of sp³-hybridized carbons (Fsp3) is 0.333. The van der Waals surface area contributed by atoms with E-state index < -0.39 is 17.2 Å². The van der Waals surface area contributed by atoms with Gasteiger partial charge in [0.05, 0.1) is 11.3 Å². The average molecular weight is 433 g/mol. The molecule has 142 valence electrons. The second-order valence-corrected chi connectivity index (χ2v) is 8.00. The predicted octanol–water partition coefficient (Wildman–Crippen LogP) is 3.47. The Morgan fingerprint density at radius 1 is 1.11 bits per heavy atom. The molecule has 3 N–H and O–H groups in total. The first-order chi connectivity index (χ1) is 12.9. The van der Waals surface area contributed by atoms with E-state index in [9.17, 15) is 14.0 Å². The van der Waals surface area contributed by atoms with Crippen LogP contribution in [0, 0.1) is 11.7 Å². The fourth-order valence-electron chi connectivity index (χ4n) is 3.51. The zero-order valence-electron chi connectivity index (χ0n) is 14.9. The van der Waals surface area contributed by atoms with Gasteiger partial charge in [0.2, 0.25) is 11.8 Å². The second kappa shape index (κ2) is 8.21. The van der Waals surface area contributed by atoms with E-state index in [-0.39, 0.29) is 18.3 Å². The second-order valence-electron chi connectivity index (χ2n) is 7.08. The van der Waals surface area contributed by atoms with Gasteiger partial charge in [-0.15, -0.1) is 0 Å². The molecule has 1 aliphatic rings. The third kappa shape index (κ3) is 4.38. The Morgan fingerprint density at radius 2 is 1.74 bits per heavy atom. The van der Waals surface area contributed by atoms with Crippen molar-refractivity contribution in [2.75, 3.05) is 6.54 Å². The minimum Gasteiger partial charge on any atom is -0.369 e. The van der Waals surface area contributed by atoms with E-state index in [4.69, 9.17) is 5.73 Å². The summed E-state index contributed by atoms with van der Waals surface area (Å²) in [7, 11) is 0. The van der Waals surface area contributed by atoms with Gasteiger partial charge in [0.25, 0.3) is 0 Å². The molecule has 1 saturated carbocycles. The van der Waals surface area contributed by atoms with E-state index >= 15 is 0 Å². The van der Waals surface area contributed by atoms with Crippen molar-refractivity contribution >= 4 is 27.7 Å². The van der Waals surface area contributed by atoms with Crippen LogP contribution in [0.1, 0.15) is 30.4 Å². The minimum absolute atomic E-state index is 0.0681. The van der Waals surface area contributed by atoms with Crippen LogP contribution in [0.4, 0.5) is 4.39 Å². The summed E-state index contributed by atoms with van der Waals surface area (Å²) in [4.78, 5) is 24.7. The molecule has 1 atom stereocenters. The van der Waals surface area contributed by atoms with Gasteiger partial charge in [0.15, 0.2) is 0 Å². The molecule has 0 saturated heterocycles. The van der Waals surface area contributed by atoms with Crippen LogP contribution in [-0.2, 0) is 21.4 Å². The first-order valence-electron chi connectivity index (χ1n) is 8.99. The van der Waals surface area contributed by atoms with Crippen molar-refractivity contribution < 1.29 is 14.0 Å². The van der Waals surface area contributed by atoms with Gasteiger partial charge < -0.3 is 11.1 Å². The molecule has 3 rings (SSSR count). The molecule has 2 aromatic carbocycles. The standard InChI is InChI=1S/C21H22BrFN2O2/c22-17-6-4-16(5-7-17)21(10-1-11-21)20(27)25-13-15(19(24)26)12-14-2-8-18(23)9-3-14/h2-9,15H,1,10-13H2,(H2,24,26)(H,25,27). The summed E-state index contributed by atoms with van der Waals surface area (Å²) in [5.41, 5.74) is 6.78. The molecule has 0 aromatic heterocycles. The Morgan fingerprint density at radius 3 is 2.26 bits per heavy atom. The third-order valence-corrected chi connectivity index (χ3v) is 5.87. The topological polar surface area (TPSA) is 72.2 Å². The van der Waals surface area contributed by atoms with Crippen LogP contribution >= 0.6 is 15.9 Å². The zero-order valence-corrected chi connectivity index (χ0v) is 16.5. The average Bonchev–Trinajstić information content (AvgIpc) is 2.60. The van der Waals surface area contributed by atoms with Gasteiger partial charge in [0.1, 0.15) is 5.82 Å². The fourth-order valence-corrected chi connectivity index (χ4v) is 3.77.